The van der Waals surface area contributed by atoms with E-state index in [2.05, 4.69) is 4.74 Å². The summed E-state index contributed by atoms with van der Waals surface area (Å²) < 4.78 is 14.2. The van der Waals surface area contributed by atoms with E-state index in [-0.39, 0.29) is 29.4 Å². The second-order valence-corrected chi connectivity index (χ2v) is 2.94. The number of hydrogen-bond acceptors (Lipinski definition) is 6. The van der Waals surface area contributed by atoms with Crippen molar-refractivity contribution in [1.82, 2.24) is 0 Å². The lowest BCUT2D eigenvalue weighted by molar-refractivity contribution is -0.386. The van der Waals surface area contributed by atoms with Crippen molar-refractivity contribution < 1.29 is 23.9 Å². The van der Waals surface area contributed by atoms with Gasteiger partial charge in [0.15, 0.2) is 5.75 Å². The van der Waals surface area contributed by atoms with Crippen molar-refractivity contribution in [1.29, 1.82) is 0 Å². The maximum Gasteiger partial charge on any atom is 0.417 e. The Morgan fingerprint density at radius 2 is 2.06 bits per heavy atom. The van der Waals surface area contributed by atoms with Crippen LogP contribution in [0.4, 0.5) is 5.69 Å². The highest BCUT2D eigenvalue weighted by Crippen LogP contribution is 2.39. The number of ether oxygens (including phenoxy) is 3. The van der Waals surface area contributed by atoms with Crippen LogP contribution < -0.4 is 9.47 Å². The monoisotopic (exact) mass is 240 g/mol. The number of hydrogen-bond donors (Lipinski definition) is 0. The lowest BCUT2D eigenvalue weighted by Crippen LogP contribution is -2.02. The van der Waals surface area contributed by atoms with E-state index in [1.54, 1.807) is 0 Å². The first-order chi connectivity index (χ1) is 8.15. The fourth-order valence-electron chi connectivity index (χ4n) is 1.38. The molecule has 17 heavy (non-hydrogen) atoms. The zero-order valence-electron chi connectivity index (χ0n) is 9.26. The summed E-state index contributed by atoms with van der Waals surface area (Å²) in [6.45, 7) is 0.954. The molecule has 0 saturated heterocycles. The zero-order chi connectivity index (χ0) is 12.8. The van der Waals surface area contributed by atoms with Gasteiger partial charge in [-0.25, -0.2) is 4.79 Å². The number of nitro groups is 1. The molecule has 0 aliphatic heterocycles. The number of rotatable bonds is 6. The molecule has 7 heteroatoms. The molecule has 0 aromatic heterocycles. The molecule has 0 N–H and O–H groups in total. The lowest BCUT2D eigenvalue weighted by atomic mass is 10.1. The summed E-state index contributed by atoms with van der Waals surface area (Å²) in [6, 6.07) is 2.92. The Hall–Kier alpha value is -2.31. The van der Waals surface area contributed by atoms with E-state index in [9.17, 15) is 14.9 Å². The van der Waals surface area contributed by atoms with Crippen molar-refractivity contribution in [3.63, 3.8) is 0 Å². The van der Waals surface area contributed by atoms with E-state index >= 15 is 0 Å². The van der Waals surface area contributed by atoms with Crippen molar-refractivity contribution >= 4 is 12.2 Å². The minimum Gasteiger partial charge on any atom is -0.493 e. The number of carbonyl (C=O) groups excluding carboxylic acids is 1. The molecule has 0 heterocycles. The van der Waals surface area contributed by atoms with Crippen LogP contribution in [0.25, 0.3) is 0 Å². The molecule has 7 nitrogen and oxygen atoms in total. The van der Waals surface area contributed by atoms with Crippen LogP contribution >= 0.6 is 0 Å². The third-order valence-electron chi connectivity index (χ3n) is 2.07. The number of methoxy groups -OCH3 is 2. The van der Waals surface area contributed by atoms with Gasteiger partial charge in [-0.15, -0.1) is 0 Å². The fourth-order valence-corrected chi connectivity index (χ4v) is 1.38. The molecular weight excluding hydrogens is 230 g/mol. The summed E-state index contributed by atoms with van der Waals surface area (Å²) in [5.41, 5.74) is -0.0851. The molecule has 0 amide bonds. The fraction of sp³-hybridized carbons (Fsp3) is 0.300. The Morgan fingerprint density at radius 1 is 1.35 bits per heavy atom. The highest BCUT2D eigenvalue weighted by molar-refractivity contribution is 5.60. The highest BCUT2D eigenvalue weighted by atomic mass is 16.6. The molecule has 1 radical (unpaired) electrons. The van der Waals surface area contributed by atoms with Gasteiger partial charge in [-0.3, -0.25) is 10.1 Å². The van der Waals surface area contributed by atoms with E-state index in [0.717, 1.165) is 0 Å². The number of benzene rings is 1. The molecule has 0 unspecified atom stereocenters. The minimum atomic E-state index is -0.620. The first kappa shape index (κ1) is 12.8. The molecule has 0 aliphatic carbocycles. The summed E-state index contributed by atoms with van der Waals surface area (Å²) in [5, 5.41) is 10.9. The van der Waals surface area contributed by atoms with Crippen LogP contribution in [-0.4, -0.2) is 25.6 Å². The second-order valence-electron chi connectivity index (χ2n) is 2.94. The molecule has 0 spiro atoms. The van der Waals surface area contributed by atoms with Gasteiger partial charge in [0.05, 0.1) is 24.7 Å². The zero-order valence-corrected chi connectivity index (χ0v) is 9.26. The largest absolute Gasteiger partial charge is 0.493 e. The summed E-state index contributed by atoms with van der Waals surface area (Å²) in [4.78, 5) is 20.3. The molecule has 1 rings (SSSR count). The topological polar surface area (TPSA) is 87.9 Å². The van der Waals surface area contributed by atoms with Crippen molar-refractivity contribution in [2.24, 2.45) is 0 Å². The van der Waals surface area contributed by atoms with E-state index in [1.807, 2.05) is 0 Å². The van der Waals surface area contributed by atoms with Crippen LogP contribution in [-0.2, 0) is 16.1 Å². The predicted octanol–water partition coefficient (Wildman–Crippen LogP) is 1.20. The van der Waals surface area contributed by atoms with Gasteiger partial charge in [0.25, 0.3) is 0 Å². The van der Waals surface area contributed by atoms with Gasteiger partial charge >= 0.3 is 12.2 Å². The molecule has 0 saturated carbocycles. The summed E-state index contributed by atoms with van der Waals surface area (Å²) >= 11 is 0. The van der Waals surface area contributed by atoms with Gasteiger partial charge < -0.3 is 14.2 Å². The molecule has 0 bridgehead atoms. The van der Waals surface area contributed by atoms with Crippen LogP contribution in [0.2, 0.25) is 0 Å². The molecule has 0 aliphatic rings. The third kappa shape index (κ3) is 2.63. The van der Waals surface area contributed by atoms with E-state index in [1.165, 1.54) is 32.8 Å². The van der Waals surface area contributed by atoms with Crippen molar-refractivity contribution in [2.45, 2.75) is 6.61 Å². The van der Waals surface area contributed by atoms with Crippen molar-refractivity contribution in [3.05, 3.63) is 27.8 Å². The Balaban J connectivity index is 3.31. The second kappa shape index (κ2) is 5.69. The predicted molar refractivity (Wildman–Crippen MR) is 56.7 cm³/mol. The van der Waals surface area contributed by atoms with Gasteiger partial charge in [0.1, 0.15) is 6.61 Å². The van der Waals surface area contributed by atoms with E-state index < -0.39 is 4.92 Å². The first-order valence-electron chi connectivity index (χ1n) is 4.52. The minimum absolute atomic E-state index is 0.00972. The average molecular weight is 240 g/mol. The highest BCUT2D eigenvalue weighted by Gasteiger charge is 2.25. The van der Waals surface area contributed by atoms with Gasteiger partial charge in [-0.2, -0.15) is 0 Å². The smallest absolute Gasteiger partial charge is 0.417 e. The Bertz CT molecular complexity index is 431. The summed E-state index contributed by atoms with van der Waals surface area (Å²) in [7, 11) is 2.66. The number of nitro benzene ring substituents is 1. The third-order valence-corrected chi connectivity index (χ3v) is 2.07. The quantitative estimate of drug-likeness (QED) is 0.548. The van der Waals surface area contributed by atoms with Crippen LogP contribution in [0.3, 0.4) is 0 Å². The van der Waals surface area contributed by atoms with E-state index in [4.69, 9.17) is 9.47 Å². The molecule has 1 aromatic carbocycles. The van der Waals surface area contributed by atoms with Gasteiger partial charge in [0, 0.05) is 0 Å². The first-order valence-corrected chi connectivity index (χ1v) is 4.52. The molecule has 1 aromatic rings. The van der Waals surface area contributed by atoms with Crippen molar-refractivity contribution in [3.8, 4) is 11.5 Å². The maximum absolute atomic E-state index is 10.9. The Labute approximate surface area is 97.0 Å². The van der Waals surface area contributed by atoms with Gasteiger partial charge in [0.2, 0.25) is 5.75 Å². The molecule has 0 fully saturated rings. The Kier molecular flexibility index (Phi) is 4.27. The molecule has 0 atom stereocenters. The summed E-state index contributed by atoms with van der Waals surface area (Å²) in [5.74, 6) is 0.225. The standard InChI is InChI=1S/C10H10NO6/c1-15-8-4-3-7(5-17-6-12)9(11(13)14)10(8)16-2/h3-4H,5H2,1-2H3. The summed E-state index contributed by atoms with van der Waals surface area (Å²) in [6.07, 6.45) is 0. The van der Waals surface area contributed by atoms with Crippen LogP contribution in [0.5, 0.6) is 11.5 Å². The normalized spacial score (nSPS) is 9.53. The van der Waals surface area contributed by atoms with Crippen LogP contribution in [0.15, 0.2) is 12.1 Å². The van der Waals surface area contributed by atoms with Crippen LogP contribution in [0, 0.1) is 10.1 Å². The van der Waals surface area contributed by atoms with E-state index in [0.29, 0.717) is 0 Å². The number of nitrogens with zero attached hydrogens (tertiary/aromatic N) is 1. The van der Waals surface area contributed by atoms with Gasteiger partial charge in [-0.05, 0) is 12.1 Å². The van der Waals surface area contributed by atoms with Gasteiger partial charge in [-0.1, -0.05) is 0 Å². The van der Waals surface area contributed by atoms with Crippen LogP contribution in [0.1, 0.15) is 5.56 Å². The maximum atomic E-state index is 10.9. The average Bonchev–Trinajstić information content (AvgIpc) is 2.34. The SMILES string of the molecule is COc1ccc(CO[C]=O)c([N+](=O)[O-])c1OC. The molecular formula is C10H10NO6. The lowest BCUT2D eigenvalue weighted by Gasteiger charge is -2.10. The molecule has 91 valence electrons. The Morgan fingerprint density at radius 3 is 2.53 bits per heavy atom. The van der Waals surface area contributed by atoms with Crippen molar-refractivity contribution in [2.75, 3.05) is 14.2 Å².